The van der Waals surface area contributed by atoms with Gasteiger partial charge in [-0.05, 0) is 72.6 Å². The van der Waals surface area contributed by atoms with Crippen LogP contribution in [0.15, 0.2) is 66.2 Å². The van der Waals surface area contributed by atoms with Crippen LogP contribution < -0.4 is 10.6 Å². The molecule has 9 heteroatoms. The molecule has 230 valence electrons. The van der Waals surface area contributed by atoms with E-state index < -0.39 is 0 Å². The third-order valence-electron chi connectivity index (χ3n) is 9.33. The molecule has 2 saturated carbocycles. The van der Waals surface area contributed by atoms with Gasteiger partial charge in [-0.3, -0.25) is 9.69 Å². The average Bonchev–Trinajstić information content (AvgIpc) is 3.94. The number of piperazine rings is 1. The Balaban J connectivity index is 1.16. The quantitative estimate of drug-likeness (QED) is 0.232. The molecule has 4 aliphatic rings. The molecule has 2 heterocycles. The Morgan fingerprint density at radius 2 is 1.45 bits per heavy atom. The topological polar surface area (TPSA) is 47.6 Å². The molecule has 2 aliphatic carbocycles. The van der Waals surface area contributed by atoms with Gasteiger partial charge in [0.05, 0.1) is 16.1 Å². The summed E-state index contributed by atoms with van der Waals surface area (Å²) in [5, 5.41) is 9.73. The predicted octanol–water partition coefficient (Wildman–Crippen LogP) is 7.74. The summed E-state index contributed by atoms with van der Waals surface area (Å²) < 4.78 is 0. The monoisotopic (exact) mass is 668 g/mol. The first-order valence-electron chi connectivity index (χ1n) is 15.6. The minimum atomic E-state index is -0.0357. The molecule has 5 nitrogen and oxygen atoms in total. The van der Waals surface area contributed by atoms with E-state index in [4.69, 9.17) is 46.4 Å². The summed E-state index contributed by atoms with van der Waals surface area (Å²) >= 11 is 26.0. The maximum Gasteiger partial charge on any atom is 0.252 e. The zero-order valence-corrected chi connectivity index (χ0v) is 27.5. The normalized spacial score (nSPS) is 21.6. The first-order valence-corrected chi connectivity index (χ1v) is 17.1. The van der Waals surface area contributed by atoms with Gasteiger partial charge in [-0.25, -0.2) is 0 Å². The number of hydrogen-bond acceptors (Lipinski definition) is 4. The van der Waals surface area contributed by atoms with Crippen molar-refractivity contribution in [3.05, 3.63) is 109 Å². The third kappa shape index (κ3) is 6.57. The van der Waals surface area contributed by atoms with Crippen molar-refractivity contribution in [1.82, 2.24) is 20.4 Å². The number of fused-ring (bicyclic) bond motifs is 2. The van der Waals surface area contributed by atoms with E-state index in [9.17, 15) is 4.79 Å². The first-order chi connectivity index (χ1) is 21.4. The van der Waals surface area contributed by atoms with Crippen LogP contribution in [-0.2, 0) is 24.4 Å². The van der Waals surface area contributed by atoms with Gasteiger partial charge >= 0.3 is 0 Å². The van der Waals surface area contributed by atoms with E-state index in [0.29, 0.717) is 38.7 Å². The van der Waals surface area contributed by atoms with Gasteiger partial charge in [-0.15, -0.1) is 0 Å². The van der Waals surface area contributed by atoms with Crippen molar-refractivity contribution in [3.63, 3.8) is 0 Å². The van der Waals surface area contributed by atoms with Crippen LogP contribution in [0.3, 0.4) is 0 Å². The Kier molecular flexibility index (Phi) is 9.00. The fourth-order valence-electron chi connectivity index (χ4n) is 6.69. The number of carbonyl (C=O) groups is 1. The van der Waals surface area contributed by atoms with Gasteiger partial charge in [0.1, 0.15) is 0 Å². The van der Waals surface area contributed by atoms with Crippen LogP contribution in [0.4, 0.5) is 0 Å². The summed E-state index contributed by atoms with van der Waals surface area (Å²) in [7, 11) is 0. The van der Waals surface area contributed by atoms with Crippen molar-refractivity contribution in [2.24, 2.45) is 0 Å². The molecule has 44 heavy (non-hydrogen) atoms. The zero-order valence-electron chi connectivity index (χ0n) is 24.5. The molecule has 3 aromatic carbocycles. The number of halogens is 4. The van der Waals surface area contributed by atoms with Crippen molar-refractivity contribution in [3.8, 4) is 0 Å². The van der Waals surface area contributed by atoms with Gasteiger partial charge in [0.25, 0.3) is 5.91 Å². The molecule has 7 rings (SSSR count). The average molecular weight is 671 g/mol. The highest BCUT2D eigenvalue weighted by Crippen LogP contribution is 2.38. The molecule has 1 amide bonds. The van der Waals surface area contributed by atoms with E-state index in [1.165, 1.54) is 18.4 Å². The van der Waals surface area contributed by atoms with Crippen LogP contribution in [0.5, 0.6) is 0 Å². The van der Waals surface area contributed by atoms with Gasteiger partial charge < -0.3 is 15.5 Å². The highest BCUT2D eigenvalue weighted by molar-refractivity contribution is 6.42. The van der Waals surface area contributed by atoms with Crippen LogP contribution in [-0.4, -0.2) is 53.0 Å². The summed E-state index contributed by atoms with van der Waals surface area (Å²) in [6.07, 6.45) is 5.22. The smallest absolute Gasteiger partial charge is 0.252 e. The van der Waals surface area contributed by atoms with Gasteiger partial charge in [0.2, 0.25) is 0 Å². The number of carbonyl (C=O) groups excluding carboxylic acids is 1. The lowest BCUT2D eigenvalue weighted by Crippen LogP contribution is -2.60. The largest absolute Gasteiger partial charge is 0.331 e. The van der Waals surface area contributed by atoms with E-state index in [1.807, 2.05) is 35.2 Å². The highest BCUT2D eigenvalue weighted by Gasteiger charge is 2.41. The Bertz CT molecular complexity index is 1560. The minimum Gasteiger partial charge on any atom is -0.331 e. The summed E-state index contributed by atoms with van der Waals surface area (Å²) in [4.78, 5) is 19.0. The lowest BCUT2D eigenvalue weighted by molar-refractivity contribution is -0.128. The fraction of sp³-hybridized carbons (Fsp3) is 0.400. The number of nitrogens with one attached hydrogen (secondary N) is 2. The maximum atomic E-state index is 14.5. The van der Waals surface area contributed by atoms with Crippen molar-refractivity contribution in [2.75, 3.05) is 13.1 Å². The molecular weight excluding hydrogens is 634 g/mol. The Labute approximate surface area is 279 Å². The lowest BCUT2D eigenvalue weighted by Gasteiger charge is -2.41. The molecule has 2 N–H and O–H groups in total. The fourth-order valence-corrected chi connectivity index (χ4v) is 7.58. The summed E-state index contributed by atoms with van der Waals surface area (Å²) in [5.41, 5.74) is 6.26. The van der Waals surface area contributed by atoms with Crippen LogP contribution in [0, 0.1) is 0 Å². The second-order valence-corrected chi connectivity index (χ2v) is 14.2. The molecule has 2 aliphatic heterocycles. The second kappa shape index (κ2) is 13.0. The Hall–Kier alpha value is -2.09. The highest BCUT2D eigenvalue weighted by atomic mass is 35.5. The van der Waals surface area contributed by atoms with Crippen LogP contribution in [0.2, 0.25) is 20.1 Å². The standard InChI is InChI=1S/C35H36Cl4N4O/c36-29-4-2-5-30(37)28(29)20-42(25-11-12-25)18-21-7-9-22(10-8-21)27-15-24-16-40-17-32(41-24)33(27)35(44)43(26-13-14-26)19-23-3-1-6-31(38)34(23)39/h1-10,24-26,32,40-41H,11-20H2. The van der Waals surface area contributed by atoms with Crippen LogP contribution in [0.25, 0.3) is 5.57 Å². The molecule has 0 aromatic heterocycles. The molecule has 2 atom stereocenters. The van der Waals surface area contributed by atoms with E-state index in [-0.39, 0.29) is 18.0 Å². The molecule has 0 spiro atoms. The number of benzene rings is 3. The molecule has 3 fully saturated rings. The molecule has 2 unspecified atom stereocenters. The number of amides is 1. The Morgan fingerprint density at radius 3 is 2.16 bits per heavy atom. The van der Waals surface area contributed by atoms with Crippen LogP contribution >= 0.6 is 46.4 Å². The predicted molar refractivity (Wildman–Crippen MR) is 180 cm³/mol. The SMILES string of the molecule is O=C(C1=C(c2ccc(CN(Cc3c(Cl)cccc3Cl)C3CC3)cc2)CC2CNCC1N2)N(Cc1cccc(Cl)c1Cl)C1CC1. The van der Waals surface area contributed by atoms with Crippen molar-refractivity contribution < 1.29 is 4.79 Å². The van der Waals surface area contributed by atoms with Crippen molar-refractivity contribution in [2.45, 2.75) is 75.9 Å². The van der Waals surface area contributed by atoms with E-state index >= 15 is 0 Å². The zero-order chi connectivity index (χ0) is 30.4. The minimum absolute atomic E-state index is 0.0357. The van der Waals surface area contributed by atoms with Crippen LogP contribution in [0.1, 0.15) is 54.4 Å². The van der Waals surface area contributed by atoms with E-state index in [2.05, 4.69) is 39.8 Å². The first kappa shape index (κ1) is 30.6. The molecule has 0 radical (unpaired) electrons. The van der Waals surface area contributed by atoms with Gasteiger partial charge in [-0.2, -0.15) is 0 Å². The number of nitrogens with zero attached hydrogens (tertiary/aromatic N) is 2. The van der Waals surface area contributed by atoms with Crippen molar-refractivity contribution in [1.29, 1.82) is 0 Å². The molecule has 1 saturated heterocycles. The number of rotatable bonds is 10. The summed E-state index contributed by atoms with van der Waals surface area (Å²) in [5.74, 6) is 0.0961. The van der Waals surface area contributed by atoms with E-state index in [0.717, 1.165) is 73.3 Å². The summed E-state index contributed by atoms with van der Waals surface area (Å²) in [6, 6.07) is 21.2. The third-order valence-corrected chi connectivity index (χ3v) is 10.9. The Morgan fingerprint density at radius 1 is 0.773 bits per heavy atom. The molecular formula is C35H36Cl4N4O. The van der Waals surface area contributed by atoms with E-state index in [1.54, 1.807) is 6.07 Å². The second-order valence-electron chi connectivity index (χ2n) is 12.6. The van der Waals surface area contributed by atoms with Gasteiger partial charge in [-0.1, -0.05) is 88.9 Å². The van der Waals surface area contributed by atoms with Gasteiger partial charge in [0.15, 0.2) is 0 Å². The molecule has 2 bridgehead atoms. The maximum absolute atomic E-state index is 14.5. The number of hydrogen-bond donors (Lipinski definition) is 2. The summed E-state index contributed by atoms with van der Waals surface area (Å²) in [6.45, 7) is 3.63. The van der Waals surface area contributed by atoms with Gasteiger partial charge in [0, 0.05) is 72.0 Å². The lowest BCUT2D eigenvalue weighted by atomic mass is 9.83. The van der Waals surface area contributed by atoms with Crippen molar-refractivity contribution >= 4 is 57.9 Å². The molecule has 3 aromatic rings.